The molecule has 29 heavy (non-hydrogen) atoms. The fourth-order valence-corrected chi connectivity index (χ4v) is 3.39. The first-order valence-electron chi connectivity index (χ1n) is 8.61. The molecule has 0 fully saturated rings. The average Bonchev–Trinajstić information content (AvgIpc) is 2.68. The van der Waals surface area contributed by atoms with Gasteiger partial charge in [-0.25, -0.2) is 18.5 Å². The van der Waals surface area contributed by atoms with Crippen LogP contribution in [0.4, 0.5) is 0 Å². The van der Waals surface area contributed by atoms with Crippen molar-refractivity contribution in [1.82, 2.24) is 10.3 Å². The van der Waals surface area contributed by atoms with Gasteiger partial charge in [0.25, 0.3) is 5.91 Å². The molecule has 0 radical (unpaired) electrons. The van der Waals surface area contributed by atoms with Crippen LogP contribution < -0.4 is 15.2 Å². The maximum Gasteiger partial charge on any atom is 0.252 e. The molecule has 0 aliphatic carbocycles. The molecule has 3 rings (SSSR count). The molecule has 3 N–H and O–H groups in total. The minimum atomic E-state index is -3.70. The summed E-state index contributed by atoms with van der Waals surface area (Å²) in [7, 11) is -3.70. The Balaban J connectivity index is 1.51. The van der Waals surface area contributed by atoms with E-state index >= 15 is 0 Å². The molecule has 0 unspecified atom stereocenters. The van der Waals surface area contributed by atoms with E-state index in [9.17, 15) is 13.2 Å². The zero-order valence-electron chi connectivity index (χ0n) is 15.2. The van der Waals surface area contributed by atoms with Crippen LogP contribution >= 0.6 is 15.9 Å². The number of carbonyl (C=O) groups excluding carboxylic acids is 1. The average molecular weight is 476 g/mol. The highest BCUT2D eigenvalue weighted by atomic mass is 79.9. The van der Waals surface area contributed by atoms with E-state index in [2.05, 4.69) is 26.2 Å². The van der Waals surface area contributed by atoms with Crippen LogP contribution in [0, 0.1) is 0 Å². The van der Waals surface area contributed by atoms with Crippen LogP contribution in [0.3, 0.4) is 0 Å². The van der Waals surface area contributed by atoms with Crippen molar-refractivity contribution < 1.29 is 17.9 Å². The van der Waals surface area contributed by atoms with Crippen LogP contribution in [-0.2, 0) is 16.4 Å². The first kappa shape index (κ1) is 21.0. The summed E-state index contributed by atoms with van der Waals surface area (Å²) in [5, 5.41) is 7.87. The Kier molecular flexibility index (Phi) is 6.63. The van der Waals surface area contributed by atoms with Crippen LogP contribution in [0.15, 0.2) is 76.2 Å². The third-order valence-corrected chi connectivity index (χ3v) is 5.39. The van der Waals surface area contributed by atoms with Crippen LogP contribution in [0.25, 0.3) is 0 Å². The van der Waals surface area contributed by atoms with Crippen molar-refractivity contribution in [3.8, 4) is 11.6 Å². The van der Waals surface area contributed by atoms with Gasteiger partial charge in [0.15, 0.2) is 0 Å². The molecule has 0 aliphatic rings. The maximum absolute atomic E-state index is 12.2. The Morgan fingerprint density at radius 1 is 1.10 bits per heavy atom. The van der Waals surface area contributed by atoms with Gasteiger partial charge in [-0.05, 0) is 48.4 Å². The van der Waals surface area contributed by atoms with Gasteiger partial charge in [0, 0.05) is 23.3 Å². The first-order valence-corrected chi connectivity index (χ1v) is 10.9. The highest BCUT2D eigenvalue weighted by molar-refractivity contribution is 9.10. The van der Waals surface area contributed by atoms with Crippen LogP contribution in [0.5, 0.6) is 11.6 Å². The molecule has 1 amide bonds. The molecule has 0 spiro atoms. The smallest absolute Gasteiger partial charge is 0.252 e. The molecular formula is C20H18BrN3O4S. The van der Waals surface area contributed by atoms with E-state index < -0.39 is 10.0 Å². The SMILES string of the molecule is NS(=O)(=O)c1ccc(CCNC(=O)c2ccc(Oc3cccc(Br)c3)nc2)cc1. The maximum atomic E-state index is 12.2. The number of hydrogen-bond donors (Lipinski definition) is 2. The fourth-order valence-electron chi connectivity index (χ4n) is 2.49. The highest BCUT2D eigenvalue weighted by Crippen LogP contribution is 2.22. The van der Waals surface area contributed by atoms with Gasteiger partial charge >= 0.3 is 0 Å². The summed E-state index contributed by atoms with van der Waals surface area (Å²) < 4.78 is 29.0. The lowest BCUT2D eigenvalue weighted by molar-refractivity contribution is 0.0953. The van der Waals surface area contributed by atoms with Crippen LogP contribution in [0.1, 0.15) is 15.9 Å². The van der Waals surface area contributed by atoms with E-state index in [0.717, 1.165) is 10.0 Å². The molecule has 0 atom stereocenters. The number of pyridine rings is 1. The van der Waals surface area contributed by atoms with Gasteiger partial charge in [-0.1, -0.05) is 34.1 Å². The third-order valence-electron chi connectivity index (χ3n) is 3.97. The monoisotopic (exact) mass is 475 g/mol. The summed E-state index contributed by atoms with van der Waals surface area (Å²) in [6.07, 6.45) is 2.00. The lowest BCUT2D eigenvalue weighted by Gasteiger charge is -2.08. The van der Waals surface area contributed by atoms with Gasteiger partial charge in [0.2, 0.25) is 15.9 Å². The number of primary sulfonamides is 1. The second-order valence-electron chi connectivity index (χ2n) is 6.14. The largest absolute Gasteiger partial charge is 0.439 e. The minimum Gasteiger partial charge on any atom is -0.439 e. The molecule has 1 heterocycles. The predicted molar refractivity (Wildman–Crippen MR) is 112 cm³/mol. The number of sulfonamides is 1. The molecule has 0 saturated carbocycles. The Morgan fingerprint density at radius 3 is 2.48 bits per heavy atom. The van der Waals surface area contributed by atoms with Crippen molar-refractivity contribution in [2.24, 2.45) is 5.14 Å². The zero-order valence-corrected chi connectivity index (χ0v) is 17.6. The number of rotatable bonds is 7. The topological polar surface area (TPSA) is 111 Å². The van der Waals surface area contributed by atoms with E-state index in [0.29, 0.717) is 30.2 Å². The van der Waals surface area contributed by atoms with Crippen molar-refractivity contribution in [1.29, 1.82) is 0 Å². The number of aromatic nitrogens is 1. The van der Waals surface area contributed by atoms with E-state index in [1.165, 1.54) is 18.3 Å². The lowest BCUT2D eigenvalue weighted by atomic mass is 10.1. The number of nitrogens with one attached hydrogen (secondary N) is 1. The van der Waals surface area contributed by atoms with Gasteiger partial charge in [-0.2, -0.15) is 0 Å². The summed E-state index contributed by atoms with van der Waals surface area (Å²) >= 11 is 3.37. The molecule has 2 aromatic carbocycles. The molecule has 1 aromatic heterocycles. The molecule has 0 saturated heterocycles. The summed E-state index contributed by atoms with van der Waals surface area (Å²) in [5.41, 5.74) is 1.30. The summed E-state index contributed by atoms with van der Waals surface area (Å²) in [4.78, 5) is 16.5. The standard InChI is InChI=1S/C20H18BrN3O4S/c21-16-2-1-3-17(12-16)28-19-9-6-15(13-24-19)20(25)23-11-10-14-4-7-18(8-5-14)29(22,26)27/h1-9,12-13H,10-11H2,(H,23,25)(H2,22,26,27). The van der Waals surface area contributed by atoms with Gasteiger partial charge in [0.1, 0.15) is 5.75 Å². The van der Waals surface area contributed by atoms with Crippen molar-refractivity contribution in [3.63, 3.8) is 0 Å². The molecule has 0 bridgehead atoms. The van der Waals surface area contributed by atoms with Gasteiger partial charge < -0.3 is 10.1 Å². The van der Waals surface area contributed by atoms with E-state index in [1.807, 2.05) is 24.3 Å². The summed E-state index contributed by atoms with van der Waals surface area (Å²) in [6.45, 7) is 0.393. The molecule has 150 valence electrons. The molecule has 9 heteroatoms. The van der Waals surface area contributed by atoms with E-state index in [-0.39, 0.29) is 10.8 Å². The normalized spacial score (nSPS) is 11.1. The Labute approximate surface area is 177 Å². The Morgan fingerprint density at radius 2 is 1.86 bits per heavy atom. The quantitative estimate of drug-likeness (QED) is 0.544. The van der Waals surface area contributed by atoms with Crippen molar-refractivity contribution in [3.05, 3.63) is 82.5 Å². The van der Waals surface area contributed by atoms with Crippen LogP contribution in [0.2, 0.25) is 0 Å². The highest BCUT2D eigenvalue weighted by Gasteiger charge is 2.09. The zero-order chi connectivity index (χ0) is 20.9. The first-order chi connectivity index (χ1) is 13.8. The molecular weight excluding hydrogens is 458 g/mol. The van der Waals surface area contributed by atoms with Crippen molar-refractivity contribution in [2.75, 3.05) is 6.54 Å². The minimum absolute atomic E-state index is 0.0570. The van der Waals surface area contributed by atoms with Crippen LogP contribution in [-0.4, -0.2) is 25.9 Å². The van der Waals surface area contributed by atoms with Crippen molar-refractivity contribution >= 4 is 31.9 Å². The number of halogens is 1. The Bertz CT molecular complexity index is 1100. The number of benzene rings is 2. The number of nitrogens with zero attached hydrogens (tertiary/aromatic N) is 1. The lowest BCUT2D eigenvalue weighted by Crippen LogP contribution is -2.25. The molecule has 3 aromatic rings. The van der Waals surface area contributed by atoms with Gasteiger partial charge in [-0.3, -0.25) is 4.79 Å². The summed E-state index contributed by atoms with van der Waals surface area (Å²) in [5.74, 6) is 0.764. The Hall–Kier alpha value is -2.75. The molecule has 0 aliphatic heterocycles. The fraction of sp³-hybridized carbons (Fsp3) is 0.100. The van der Waals surface area contributed by atoms with E-state index in [4.69, 9.17) is 9.88 Å². The van der Waals surface area contributed by atoms with E-state index in [1.54, 1.807) is 24.3 Å². The number of amides is 1. The predicted octanol–water partition coefficient (Wildman–Crippen LogP) is 3.26. The second kappa shape index (κ2) is 9.17. The van der Waals surface area contributed by atoms with Gasteiger partial charge in [0.05, 0.1) is 10.5 Å². The number of ether oxygens (including phenoxy) is 1. The summed E-state index contributed by atoms with van der Waals surface area (Å²) in [6, 6.07) is 16.9. The number of hydrogen-bond acceptors (Lipinski definition) is 5. The number of carbonyl (C=O) groups is 1. The number of nitrogens with two attached hydrogens (primary N) is 1. The molecule has 7 nitrogen and oxygen atoms in total. The second-order valence-corrected chi connectivity index (χ2v) is 8.62. The third kappa shape index (κ3) is 6.11. The van der Waals surface area contributed by atoms with Gasteiger partial charge in [-0.15, -0.1) is 0 Å². The van der Waals surface area contributed by atoms with Crippen molar-refractivity contribution in [2.45, 2.75) is 11.3 Å².